The van der Waals surface area contributed by atoms with Gasteiger partial charge in [0.05, 0.1) is 5.69 Å². The minimum Gasteiger partial charge on any atom is -0.368 e. The summed E-state index contributed by atoms with van der Waals surface area (Å²) in [6.45, 7) is 2.63. The van der Waals surface area contributed by atoms with Gasteiger partial charge >= 0.3 is 0 Å². The molecule has 3 N–H and O–H groups in total. The second-order valence-electron chi connectivity index (χ2n) is 6.09. The van der Waals surface area contributed by atoms with Crippen LogP contribution in [0.2, 0.25) is 0 Å². The van der Waals surface area contributed by atoms with Crippen molar-refractivity contribution in [2.75, 3.05) is 11.9 Å². The maximum atomic E-state index is 11.3. The summed E-state index contributed by atoms with van der Waals surface area (Å²) in [6.07, 6.45) is 0. The highest BCUT2D eigenvalue weighted by Crippen LogP contribution is 2.19. The molecule has 134 valence electrons. The Morgan fingerprint density at radius 2 is 2.00 bits per heavy atom. The van der Waals surface area contributed by atoms with Crippen LogP contribution in [0.1, 0.15) is 34.6 Å². The molecule has 27 heavy (non-hydrogen) atoms. The van der Waals surface area contributed by atoms with Crippen LogP contribution in [0.25, 0.3) is 11.3 Å². The van der Waals surface area contributed by atoms with Crippen molar-refractivity contribution in [1.82, 2.24) is 15.2 Å². The van der Waals surface area contributed by atoms with Crippen molar-refractivity contribution in [3.8, 4) is 17.3 Å². The fourth-order valence-corrected chi connectivity index (χ4v) is 2.56. The molecule has 0 spiro atoms. The molecule has 2 heterocycles. The zero-order chi connectivity index (χ0) is 19.2. The fraction of sp³-hybridized carbons (Fsp3) is 0.150. The molecule has 0 aliphatic rings. The summed E-state index contributed by atoms with van der Waals surface area (Å²) in [4.78, 5) is 15.6. The normalized spacial score (nSPS) is 11.4. The van der Waals surface area contributed by atoms with Gasteiger partial charge in [0, 0.05) is 29.3 Å². The average Bonchev–Trinajstić information content (AvgIpc) is 2.72. The molecule has 1 aromatic carbocycles. The third kappa shape index (κ3) is 4.44. The van der Waals surface area contributed by atoms with Gasteiger partial charge in [0.25, 0.3) is 0 Å². The molecule has 0 bridgehead atoms. The van der Waals surface area contributed by atoms with Crippen LogP contribution in [-0.4, -0.2) is 27.6 Å². The number of pyridine rings is 1. The molecule has 1 amide bonds. The minimum atomic E-state index is -0.480. The molecule has 7 nitrogen and oxygen atoms in total. The highest BCUT2D eigenvalue weighted by atomic mass is 16.1. The van der Waals surface area contributed by atoms with E-state index in [0.29, 0.717) is 29.3 Å². The SMILES string of the molecule is CC(CNc1ccc(-c2cccc(C(N)=O)c2)nn1)c1cccc(C#N)n1. The standard InChI is InChI=1S/C20H18N6O/c1-13(17-7-3-6-16(11-21)24-17)12-23-19-9-8-18(25-26-19)14-4-2-5-15(10-14)20(22)27/h2-10,13H,12H2,1H3,(H2,22,27)(H,23,26). The molecule has 0 saturated heterocycles. The zero-order valence-electron chi connectivity index (χ0n) is 14.8. The Kier molecular flexibility index (Phi) is 5.38. The van der Waals surface area contributed by atoms with Crippen molar-refractivity contribution in [3.63, 3.8) is 0 Å². The van der Waals surface area contributed by atoms with E-state index in [-0.39, 0.29) is 5.92 Å². The molecule has 3 rings (SSSR count). The number of nitrogens with zero attached hydrogens (tertiary/aromatic N) is 4. The summed E-state index contributed by atoms with van der Waals surface area (Å²) < 4.78 is 0. The van der Waals surface area contributed by atoms with E-state index in [9.17, 15) is 4.79 Å². The second-order valence-corrected chi connectivity index (χ2v) is 6.09. The molecular weight excluding hydrogens is 340 g/mol. The predicted molar refractivity (Wildman–Crippen MR) is 102 cm³/mol. The van der Waals surface area contributed by atoms with Crippen molar-refractivity contribution in [2.24, 2.45) is 5.73 Å². The Morgan fingerprint density at radius 1 is 1.19 bits per heavy atom. The van der Waals surface area contributed by atoms with Crippen LogP contribution in [-0.2, 0) is 0 Å². The topological polar surface area (TPSA) is 118 Å². The Bertz CT molecular complexity index is 994. The van der Waals surface area contributed by atoms with Crippen LogP contribution in [0.3, 0.4) is 0 Å². The summed E-state index contributed by atoms with van der Waals surface area (Å²) >= 11 is 0. The molecule has 0 aliphatic heterocycles. The molecule has 2 aromatic heterocycles. The van der Waals surface area contributed by atoms with Crippen molar-refractivity contribution in [2.45, 2.75) is 12.8 Å². The number of nitriles is 1. The van der Waals surface area contributed by atoms with Crippen LogP contribution in [0.5, 0.6) is 0 Å². The Labute approximate surface area is 156 Å². The maximum absolute atomic E-state index is 11.3. The highest BCUT2D eigenvalue weighted by molar-refractivity contribution is 5.93. The Morgan fingerprint density at radius 3 is 2.70 bits per heavy atom. The first-order chi connectivity index (χ1) is 13.1. The first-order valence-electron chi connectivity index (χ1n) is 8.41. The predicted octanol–water partition coefficient (Wildman–Crippen LogP) is 2.72. The second kappa shape index (κ2) is 8.06. The van der Waals surface area contributed by atoms with Crippen molar-refractivity contribution in [1.29, 1.82) is 5.26 Å². The van der Waals surface area contributed by atoms with Crippen molar-refractivity contribution < 1.29 is 4.79 Å². The van der Waals surface area contributed by atoms with Crippen LogP contribution in [0.4, 0.5) is 5.82 Å². The van der Waals surface area contributed by atoms with Gasteiger partial charge in [-0.25, -0.2) is 4.98 Å². The van der Waals surface area contributed by atoms with Crippen LogP contribution >= 0.6 is 0 Å². The maximum Gasteiger partial charge on any atom is 0.248 e. The summed E-state index contributed by atoms with van der Waals surface area (Å²) in [5, 5.41) is 20.5. The third-order valence-corrected chi connectivity index (χ3v) is 4.09. The number of hydrogen-bond donors (Lipinski definition) is 2. The van der Waals surface area contributed by atoms with E-state index >= 15 is 0 Å². The van der Waals surface area contributed by atoms with Crippen molar-refractivity contribution >= 4 is 11.7 Å². The number of amides is 1. The first kappa shape index (κ1) is 18.0. The van der Waals surface area contributed by atoms with E-state index in [1.165, 1.54) is 0 Å². The number of primary amides is 1. The zero-order valence-corrected chi connectivity index (χ0v) is 14.8. The summed E-state index contributed by atoms with van der Waals surface area (Å²) in [5.74, 6) is 0.256. The van der Waals surface area contributed by atoms with Gasteiger partial charge in [0.1, 0.15) is 17.6 Å². The number of aromatic nitrogens is 3. The van der Waals surface area contributed by atoms with Gasteiger partial charge in [-0.1, -0.05) is 25.1 Å². The monoisotopic (exact) mass is 358 g/mol. The molecule has 0 radical (unpaired) electrons. The van der Waals surface area contributed by atoms with E-state index in [1.807, 2.05) is 43.3 Å². The fourth-order valence-electron chi connectivity index (χ4n) is 2.56. The number of benzene rings is 1. The van der Waals surface area contributed by atoms with Gasteiger partial charge in [0.15, 0.2) is 0 Å². The molecular formula is C20H18N6O. The highest BCUT2D eigenvalue weighted by Gasteiger charge is 2.09. The van der Waals surface area contributed by atoms with Gasteiger partial charge in [-0.05, 0) is 36.4 Å². The number of rotatable bonds is 6. The number of hydrogen-bond acceptors (Lipinski definition) is 6. The molecule has 3 aromatic rings. The molecule has 0 fully saturated rings. The smallest absolute Gasteiger partial charge is 0.248 e. The summed E-state index contributed by atoms with van der Waals surface area (Å²) in [5.41, 5.74) is 8.41. The van der Waals surface area contributed by atoms with E-state index in [4.69, 9.17) is 11.0 Å². The largest absolute Gasteiger partial charge is 0.368 e. The quantitative estimate of drug-likeness (QED) is 0.699. The molecule has 1 unspecified atom stereocenters. The number of carbonyl (C=O) groups is 1. The summed E-state index contributed by atoms with van der Waals surface area (Å²) in [7, 11) is 0. The van der Waals surface area contributed by atoms with E-state index in [2.05, 4.69) is 20.5 Å². The Hall–Kier alpha value is -3.79. The van der Waals surface area contributed by atoms with E-state index in [1.54, 1.807) is 24.3 Å². The number of anilines is 1. The third-order valence-electron chi connectivity index (χ3n) is 4.09. The first-order valence-corrected chi connectivity index (χ1v) is 8.41. The van der Waals surface area contributed by atoms with E-state index < -0.39 is 5.91 Å². The van der Waals surface area contributed by atoms with Gasteiger partial charge < -0.3 is 11.1 Å². The number of nitrogens with one attached hydrogen (secondary N) is 1. The molecule has 1 atom stereocenters. The van der Waals surface area contributed by atoms with Gasteiger partial charge in [-0.15, -0.1) is 10.2 Å². The lowest BCUT2D eigenvalue weighted by Crippen LogP contribution is -2.12. The van der Waals surface area contributed by atoms with Crippen molar-refractivity contribution in [3.05, 3.63) is 71.5 Å². The molecule has 0 saturated carbocycles. The lowest BCUT2D eigenvalue weighted by molar-refractivity contribution is 0.100. The molecule has 7 heteroatoms. The summed E-state index contributed by atoms with van der Waals surface area (Å²) in [6, 6.07) is 18.1. The lowest BCUT2D eigenvalue weighted by Gasteiger charge is -2.12. The average molecular weight is 358 g/mol. The van der Waals surface area contributed by atoms with Crippen LogP contribution in [0, 0.1) is 11.3 Å². The molecule has 0 aliphatic carbocycles. The number of nitrogens with two attached hydrogens (primary N) is 1. The van der Waals surface area contributed by atoms with Gasteiger partial charge in [-0.3, -0.25) is 4.79 Å². The van der Waals surface area contributed by atoms with Gasteiger partial charge in [-0.2, -0.15) is 5.26 Å². The van der Waals surface area contributed by atoms with Crippen LogP contribution < -0.4 is 11.1 Å². The minimum absolute atomic E-state index is 0.104. The number of carbonyl (C=O) groups excluding carboxylic acids is 1. The Balaban J connectivity index is 1.66. The lowest BCUT2D eigenvalue weighted by atomic mass is 10.1. The van der Waals surface area contributed by atoms with Crippen LogP contribution in [0.15, 0.2) is 54.6 Å². The van der Waals surface area contributed by atoms with E-state index in [0.717, 1.165) is 11.3 Å². The van der Waals surface area contributed by atoms with Gasteiger partial charge in [0.2, 0.25) is 5.91 Å².